The average molecular weight is 193 g/mol. The van der Waals surface area contributed by atoms with Crippen molar-refractivity contribution >= 4 is 5.97 Å². The molecule has 2 aromatic heterocycles. The van der Waals surface area contributed by atoms with Gasteiger partial charge in [-0.25, -0.2) is 9.78 Å². The molecule has 0 radical (unpaired) electrons. The van der Waals surface area contributed by atoms with Gasteiger partial charge in [-0.15, -0.1) is 0 Å². The van der Waals surface area contributed by atoms with E-state index in [9.17, 15) is 4.79 Å². The molecule has 0 aliphatic rings. The highest BCUT2D eigenvalue weighted by Crippen LogP contribution is 2.22. The maximum absolute atomic E-state index is 10.8. The Kier molecular flexibility index (Phi) is 1.81. The van der Waals surface area contributed by atoms with Gasteiger partial charge in [-0.3, -0.25) is 4.68 Å². The first-order valence-corrected chi connectivity index (χ1v) is 3.84. The van der Waals surface area contributed by atoms with Gasteiger partial charge in [0.1, 0.15) is 11.3 Å². The van der Waals surface area contributed by atoms with Crippen LogP contribution in [0.3, 0.4) is 0 Å². The van der Waals surface area contributed by atoms with E-state index in [0.717, 1.165) is 0 Å². The van der Waals surface area contributed by atoms with Crippen LogP contribution in [0, 0.1) is 0 Å². The van der Waals surface area contributed by atoms with Crippen LogP contribution in [-0.2, 0) is 7.05 Å². The van der Waals surface area contributed by atoms with Crippen molar-refractivity contribution in [2.24, 2.45) is 7.05 Å². The van der Waals surface area contributed by atoms with Crippen LogP contribution in [-0.4, -0.2) is 25.8 Å². The lowest BCUT2D eigenvalue weighted by Crippen LogP contribution is -1.99. The molecule has 14 heavy (non-hydrogen) atoms. The molecular weight excluding hydrogens is 186 g/mol. The third-order valence-electron chi connectivity index (χ3n) is 1.83. The normalized spacial score (nSPS) is 10.4. The summed E-state index contributed by atoms with van der Waals surface area (Å²) >= 11 is 0. The lowest BCUT2D eigenvalue weighted by atomic mass is 10.2. The monoisotopic (exact) mass is 193 g/mol. The van der Waals surface area contributed by atoms with Crippen LogP contribution >= 0.6 is 0 Å². The second kappa shape index (κ2) is 2.99. The van der Waals surface area contributed by atoms with Crippen molar-refractivity contribution in [2.75, 3.05) is 0 Å². The zero-order valence-corrected chi connectivity index (χ0v) is 7.34. The minimum atomic E-state index is -1.04. The Morgan fingerprint density at radius 2 is 2.36 bits per heavy atom. The molecule has 0 fully saturated rings. The molecule has 0 amide bonds. The predicted molar refractivity (Wildman–Crippen MR) is 45.7 cm³/mol. The molecule has 2 aromatic rings. The molecule has 6 nitrogen and oxygen atoms in total. The van der Waals surface area contributed by atoms with Crippen molar-refractivity contribution in [1.82, 2.24) is 14.8 Å². The van der Waals surface area contributed by atoms with Gasteiger partial charge in [0.15, 0.2) is 12.2 Å². The number of hydrogen-bond acceptors (Lipinski definition) is 4. The third-order valence-corrected chi connectivity index (χ3v) is 1.83. The smallest absolute Gasteiger partial charge is 0.339 e. The molecule has 0 aliphatic heterocycles. The van der Waals surface area contributed by atoms with Gasteiger partial charge in [-0.2, -0.15) is 5.10 Å². The van der Waals surface area contributed by atoms with Gasteiger partial charge in [0, 0.05) is 7.05 Å². The number of carbonyl (C=O) groups is 1. The molecule has 2 heterocycles. The van der Waals surface area contributed by atoms with Crippen LogP contribution in [0.2, 0.25) is 0 Å². The lowest BCUT2D eigenvalue weighted by molar-refractivity contribution is 0.0697. The number of hydrogen-bond donors (Lipinski definition) is 1. The zero-order valence-electron chi connectivity index (χ0n) is 7.34. The SMILES string of the molecule is Cn1ncc(C(=O)O)c1-c1cnco1. The van der Waals surface area contributed by atoms with Gasteiger partial charge in [-0.05, 0) is 0 Å². The van der Waals surface area contributed by atoms with Crippen molar-refractivity contribution in [3.8, 4) is 11.5 Å². The van der Waals surface area contributed by atoms with E-state index in [0.29, 0.717) is 11.5 Å². The Bertz CT molecular complexity index is 458. The number of aromatic carboxylic acids is 1. The summed E-state index contributed by atoms with van der Waals surface area (Å²) in [6.45, 7) is 0. The van der Waals surface area contributed by atoms with Crippen molar-refractivity contribution in [3.05, 3.63) is 24.4 Å². The van der Waals surface area contributed by atoms with Gasteiger partial charge in [0.2, 0.25) is 0 Å². The summed E-state index contributed by atoms with van der Waals surface area (Å²) < 4.78 is 6.45. The Morgan fingerprint density at radius 3 is 2.93 bits per heavy atom. The van der Waals surface area contributed by atoms with Gasteiger partial charge in [0.05, 0.1) is 12.4 Å². The third kappa shape index (κ3) is 1.17. The molecule has 0 bridgehead atoms. The van der Waals surface area contributed by atoms with E-state index in [4.69, 9.17) is 9.52 Å². The Labute approximate surface area is 78.8 Å². The van der Waals surface area contributed by atoms with E-state index in [2.05, 4.69) is 10.1 Å². The summed E-state index contributed by atoms with van der Waals surface area (Å²) in [6, 6.07) is 0. The first-order chi connectivity index (χ1) is 6.70. The molecule has 72 valence electrons. The molecule has 0 atom stereocenters. The van der Waals surface area contributed by atoms with Crippen LogP contribution in [0.5, 0.6) is 0 Å². The molecule has 0 aliphatic carbocycles. The fourth-order valence-corrected chi connectivity index (χ4v) is 1.22. The van der Waals surface area contributed by atoms with Crippen molar-refractivity contribution in [1.29, 1.82) is 0 Å². The van der Waals surface area contributed by atoms with Gasteiger partial charge in [0.25, 0.3) is 0 Å². The minimum absolute atomic E-state index is 0.101. The van der Waals surface area contributed by atoms with E-state index >= 15 is 0 Å². The molecule has 1 N–H and O–H groups in total. The number of carboxylic acid groups (broad SMARTS) is 1. The van der Waals surface area contributed by atoms with Crippen LogP contribution in [0.4, 0.5) is 0 Å². The van der Waals surface area contributed by atoms with Crippen LogP contribution in [0.1, 0.15) is 10.4 Å². The standard InChI is InChI=1S/C8H7N3O3/c1-11-7(6-3-9-4-14-6)5(2-10-11)8(12)13/h2-4H,1H3,(H,12,13). The summed E-state index contributed by atoms with van der Waals surface area (Å²) in [4.78, 5) is 14.5. The molecular formula is C8H7N3O3. The molecule has 0 spiro atoms. The fraction of sp³-hybridized carbons (Fsp3) is 0.125. The fourth-order valence-electron chi connectivity index (χ4n) is 1.22. The molecule has 0 unspecified atom stereocenters. The number of aryl methyl sites for hydroxylation is 1. The highest BCUT2D eigenvalue weighted by molar-refractivity contribution is 5.93. The maximum atomic E-state index is 10.8. The average Bonchev–Trinajstić information content (AvgIpc) is 2.71. The minimum Gasteiger partial charge on any atom is -0.478 e. The molecule has 2 rings (SSSR count). The van der Waals surface area contributed by atoms with Crippen molar-refractivity contribution in [2.45, 2.75) is 0 Å². The van der Waals surface area contributed by atoms with Gasteiger partial charge in [-0.1, -0.05) is 0 Å². The molecule has 6 heteroatoms. The van der Waals surface area contributed by atoms with E-state index in [-0.39, 0.29) is 5.56 Å². The second-order valence-corrected chi connectivity index (χ2v) is 2.70. The molecule has 0 saturated heterocycles. The molecule has 0 saturated carbocycles. The largest absolute Gasteiger partial charge is 0.478 e. The number of nitrogens with zero attached hydrogens (tertiary/aromatic N) is 3. The zero-order chi connectivity index (χ0) is 10.1. The maximum Gasteiger partial charge on any atom is 0.339 e. The van der Waals surface area contributed by atoms with Gasteiger partial charge < -0.3 is 9.52 Å². The van der Waals surface area contributed by atoms with E-state index in [1.807, 2.05) is 0 Å². The van der Waals surface area contributed by atoms with Crippen molar-refractivity contribution < 1.29 is 14.3 Å². The number of oxazole rings is 1. The summed E-state index contributed by atoms with van der Waals surface area (Å²) in [5.74, 6) is -0.646. The Hall–Kier alpha value is -2.11. The summed E-state index contributed by atoms with van der Waals surface area (Å²) in [7, 11) is 1.64. The quantitative estimate of drug-likeness (QED) is 0.761. The number of rotatable bonds is 2. The number of aromatic nitrogens is 3. The van der Waals surface area contributed by atoms with Gasteiger partial charge >= 0.3 is 5.97 Å². The van der Waals surface area contributed by atoms with Crippen LogP contribution in [0.15, 0.2) is 23.2 Å². The molecule has 0 aromatic carbocycles. The summed E-state index contributed by atoms with van der Waals surface area (Å²) in [5, 5.41) is 12.7. The van der Waals surface area contributed by atoms with Crippen molar-refractivity contribution in [3.63, 3.8) is 0 Å². The summed E-state index contributed by atoms with van der Waals surface area (Å²) in [6.07, 6.45) is 3.97. The van der Waals surface area contributed by atoms with E-state index in [1.54, 1.807) is 7.05 Å². The predicted octanol–water partition coefficient (Wildman–Crippen LogP) is 0.773. The van der Waals surface area contributed by atoms with E-state index in [1.165, 1.54) is 23.5 Å². The van der Waals surface area contributed by atoms with Crippen LogP contribution in [0.25, 0.3) is 11.5 Å². The highest BCUT2D eigenvalue weighted by Gasteiger charge is 2.18. The lowest BCUT2D eigenvalue weighted by Gasteiger charge is -1.97. The first-order valence-electron chi connectivity index (χ1n) is 3.84. The Balaban J connectivity index is 2.62. The topological polar surface area (TPSA) is 81.2 Å². The van der Waals surface area contributed by atoms with E-state index < -0.39 is 5.97 Å². The highest BCUT2D eigenvalue weighted by atomic mass is 16.4. The second-order valence-electron chi connectivity index (χ2n) is 2.70. The number of carboxylic acids is 1. The Morgan fingerprint density at radius 1 is 1.57 bits per heavy atom. The summed E-state index contributed by atoms with van der Waals surface area (Å²) in [5.41, 5.74) is 0.513. The first kappa shape index (κ1) is 8.49. The van der Waals surface area contributed by atoms with Crippen LogP contribution < -0.4 is 0 Å².